The molecule has 1 aliphatic rings. The van der Waals surface area contributed by atoms with Crippen LogP contribution in [0.4, 0.5) is 10.1 Å². The summed E-state index contributed by atoms with van der Waals surface area (Å²) >= 11 is 0. The van der Waals surface area contributed by atoms with Gasteiger partial charge in [-0.3, -0.25) is 0 Å². The number of nitrogens with two attached hydrogens (primary N) is 1. The molecule has 0 aromatic heterocycles. The van der Waals surface area contributed by atoms with E-state index >= 15 is 0 Å². The third kappa shape index (κ3) is 1.73. The third-order valence-corrected chi connectivity index (χ3v) is 3.02. The van der Waals surface area contributed by atoms with E-state index in [4.69, 9.17) is 10.5 Å². The van der Waals surface area contributed by atoms with Crippen molar-refractivity contribution in [2.24, 2.45) is 0 Å². The molecule has 2 aromatic rings. The molecular formula is C14H12FNO. The Labute approximate surface area is 98.8 Å². The van der Waals surface area contributed by atoms with Gasteiger partial charge in [0.1, 0.15) is 11.6 Å². The lowest BCUT2D eigenvalue weighted by atomic mass is 10.0. The van der Waals surface area contributed by atoms with Crippen LogP contribution in [0.2, 0.25) is 0 Å². The van der Waals surface area contributed by atoms with E-state index in [0.717, 1.165) is 35.5 Å². The maximum atomic E-state index is 13.2. The van der Waals surface area contributed by atoms with Crippen LogP contribution in [0.15, 0.2) is 36.4 Å². The van der Waals surface area contributed by atoms with Gasteiger partial charge in [-0.2, -0.15) is 0 Å². The molecule has 1 heterocycles. The molecule has 2 N–H and O–H groups in total. The molecule has 0 fully saturated rings. The molecule has 0 unspecified atom stereocenters. The summed E-state index contributed by atoms with van der Waals surface area (Å²) in [6.45, 7) is 0.720. The summed E-state index contributed by atoms with van der Waals surface area (Å²) in [4.78, 5) is 0. The quantitative estimate of drug-likeness (QED) is 0.763. The predicted molar refractivity (Wildman–Crippen MR) is 65.4 cm³/mol. The average Bonchev–Trinajstić information content (AvgIpc) is 2.79. The summed E-state index contributed by atoms with van der Waals surface area (Å²) < 4.78 is 18.7. The highest BCUT2D eigenvalue weighted by molar-refractivity contribution is 5.77. The molecule has 0 saturated carbocycles. The standard InChI is InChI=1S/C14H12FNO/c15-11-2-3-13(16)12(8-11)9-1-4-14-10(7-9)5-6-17-14/h1-4,7-8H,5-6,16H2. The van der Waals surface area contributed by atoms with Crippen LogP contribution < -0.4 is 10.5 Å². The predicted octanol–water partition coefficient (Wildman–Crippen LogP) is 3.01. The van der Waals surface area contributed by atoms with Crippen molar-refractivity contribution in [3.05, 3.63) is 47.8 Å². The largest absolute Gasteiger partial charge is 0.493 e. The van der Waals surface area contributed by atoms with Crippen LogP contribution in [-0.4, -0.2) is 6.61 Å². The van der Waals surface area contributed by atoms with Gasteiger partial charge < -0.3 is 10.5 Å². The van der Waals surface area contributed by atoms with Crippen LogP contribution in [0.1, 0.15) is 5.56 Å². The van der Waals surface area contributed by atoms with Crippen molar-refractivity contribution >= 4 is 5.69 Å². The summed E-state index contributed by atoms with van der Waals surface area (Å²) in [6.07, 6.45) is 0.901. The highest BCUT2D eigenvalue weighted by Gasteiger charge is 2.13. The number of hydrogen-bond donors (Lipinski definition) is 1. The van der Waals surface area contributed by atoms with Gasteiger partial charge >= 0.3 is 0 Å². The van der Waals surface area contributed by atoms with Gasteiger partial charge in [0.25, 0.3) is 0 Å². The van der Waals surface area contributed by atoms with Gasteiger partial charge in [0.15, 0.2) is 0 Å². The van der Waals surface area contributed by atoms with Crippen molar-refractivity contribution in [3.8, 4) is 16.9 Å². The Bertz CT molecular complexity index is 580. The summed E-state index contributed by atoms with van der Waals surface area (Å²) in [7, 11) is 0. The number of hydrogen-bond acceptors (Lipinski definition) is 2. The van der Waals surface area contributed by atoms with Gasteiger partial charge in [0.2, 0.25) is 0 Å². The van der Waals surface area contributed by atoms with E-state index in [1.165, 1.54) is 12.1 Å². The highest BCUT2D eigenvalue weighted by Crippen LogP contribution is 2.33. The first-order valence-electron chi connectivity index (χ1n) is 5.55. The average molecular weight is 229 g/mol. The number of halogens is 1. The molecule has 0 atom stereocenters. The van der Waals surface area contributed by atoms with E-state index in [0.29, 0.717) is 5.69 Å². The van der Waals surface area contributed by atoms with Crippen molar-refractivity contribution < 1.29 is 9.13 Å². The van der Waals surface area contributed by atoms with Crippen molar-refractivity contribution in [1.82, 2.24) is 0 Å². The van der Waals surface area contributed by atoms with E-state index in [1.54, 1.807) is 6.07 Å². The van der Waals surface area contributed by atoms with Crippen molar-refractivity contribution in [2.45, 2.75) is 6.42 Å². The molecule has 2 nitrogen and oxygen atoms in total. The summed E-state index contributed by atoms with van der Waals surface area (Å²) in [6, 6.07) is 10.3. The van der Waals surface area contributed by atoms with E-state index in [2.05, 4.69) is 0 Å². The second kappa shape index (κ2) is 3.77. The minimum atomic E-state index is -0.272. The first-order valence-corrected chi connectivity index (χ1v) is 5.55. The number of ether oxygens (including phenoxy) is 1. The first-order chi connectivity index (χ1) is 8.24. The maximum absolute atomic E-state index is 13.2. The molecule has 3 heteroatoms. The van der Waals surface area contributed by atoms with Crippen LogP contribution in [0.3, 0.4) is 0 Å². The topological polar surface area (TPSA) is 35.2 Å². The molecule has 0 saturated heterocycles. The Hall–Kier alpha value is -2.03. The molecule has 86 valence electrons. The first kappa shape index (κ1) is 10.1. The number of anilines is 1. The number of nitrogen functional groups attached to an aromatic ring is 1. The molecule has 0 aliphatic carbocycles. The van der Waals surface area contributed by atoms with Gasteiger partial charge in [-0.1, -0.05) is 6.07 Å². The second-order valence-corrected chi connectivity index (χ2v) is 4.15. The molecule has 0 spiro atoms. The zero-order valence-corrected chi connectivity index (χ0v) is 9.24. The Balaban J connectivity index is 2.12. The lowest BCUT2D eigenvalue weighted by Gasteiger charge is -2.07. The normalized spacial score (nSPS) is 13.2. The van der Waals surface area contributed by atoms with Gasteiger partial charge in [0.05, 0.1) is 6.61 Å². The van der Waals surface area contributed by atoms with E-state index in [-0.39, 0.29) is 5.82 Å². The van der Waals surface area contributed by atoms with E-state index < -0.39 is 0 Å². The monoisotopic (exact) mass is 229 g/mol. The number of fused-ring (bicyclic) bond motifs is 1. The summed E-state index contributed by atoms with van der Waals surface area (Å²) in [5.74, 6) is 0.648. The molecule has 0 radical (unpaired) electrons. The molecule has 2 aromatic carbocycles. The van der Waals surface area contributed by atoms with Crippen LogP contribution in [-0.2, 0) is 6.42 Å². The molecule has 0 amide bonds. The SMILES string of the molecule is Nc1ccc(F)cc1-c1ccc2c(c1)CCO2. The Morgan fingerprint density at radius 1 is 1.12 bits per heavy atom. The molecular weight excluding hydrogens is 217 g/mol. The van der Waals surface area contributed by atoms with E-state index in [9.17, 15) is 4.39 Å². The fourth-order valence-corrected chi connectivity index (χ4v) is 2.13. The van der Waals surface area contributed by atoms with Crippen molar-refractivity contribution in [1.29, 1.82) is 0 Å². The third-order valence-electron chi connectivity index (χ3n) is 3.02. The highest BCUT2D eigenvalue weighted by atomic mass is 19.1. The lowest BCUT2D eigenvalue weighted by Crippen LogP contribution is -1.91. The lowest BCUT2D eigenvalue weighted by molar-refractivity contribution is 0.357. The van der Waals surface area contributed by atoms with Crippen LogP contribution in [0, 0.1) is 5.82 Å². The minimum absolute atomic E-state index is 0.272. The second-order valence-electron chi connectivity index (χ2n) is 4.15. The molecule has 3 rings (SSSR count). The number of benzene rings is 2. The van der Waals surface area contributed by atoms with Crippen molar-refractivity contribution in [2.75, 3.05) is 12.3 Å². The van der Waals surface area contributed by atoms with Gasteiger partial charge in [0, 0.05) is 17.7 Å². The minimum Gasteiger partial charge on any atom is -0.493 e. The zero-order valence-electron chi connectivity index (χ0n) is 9.24. The Kier molecular flexibility index (Phi) is 2.25. The van der Waals surface area contributed by atoms with Crippen molar-refractivity contribution in [3.63, 3.8) is 0 Å². The van der Waals surface area contributed by atoms with Crippen LogP contribution in [0.25, 0.3) is 11.1 Å². The molecule has 1 aliphatic heterocycles. The smallest absolute Gasteiger partial charge is 0.123 e. The Morgan fingerprint density at radius 3 is 2.88 bits per heavy atom. The maximum Gasteiger partial charge on any atom is 0.123 e. The van der Waals surface area contributed by atoms with E-state index in [1.807, 2.05) is 18.2 Å². The molecule has 0 bridgehead atoms. The zero-order chi connectivity index (χ0) is 11.8. The van der Waals surface area contributed by atoms with Gasteiger partial charge in [-0.15, -0.1) is 0 Å². The van der Waals surface area contributed by atoms with Crippen LogP contribution in [0.5, 0.6) is 5.75 Å². The fraction of sp³-hybridized carbons (Fsp3) is 0.143. The Morgan fingerprint density at radius 2 is 2.00 bits per heavy atom. The van der Waals surface area contributed by atoms with Gasteiger partial charge in [-0.25, -0.2) is 4.39 Å². The van der Waals surface area contributed by atoms with Gasteiger partial charge in [-0.05, 0) is 41.5 Å². The summed E-state index contributed by atoms with van der Waals surface area (Å²) in [5.41, 5.74) is 9.29. The molecule has 17 heavy (non-hydrogen) atoms. The summed E-state index contributed by atoms with van der Waals surface area (Å²) in [5, 5.41) is 0. The number of rotatable bonds is 1. The fourth-order valence-electron chi connectivity index (χ4n) is 2.13. The van der Waals surface area contributed by atoms with Crippen LogP contribution >= 0.6 is 0 Å².